The highest BCUT2D eigenvalue weighted by Crippen LogP contribution is 2.21. The summed E-state index contributed by atoms with van der Waals surface area (Å²) in [5.41, 5.74) is 3.31. The molecule has 0 bridgehead atoms. The largest absolute Gasteiger partial charge is 0.484 e. The number of likely N-dealkylation sites (N-methyl/N-ethyl adjacent to an activating group) is 1. The van der Waals surface area contributed by atoms with Crippen LogP contribution in [0.25, 0.3) is 0 Å². The van der Waals surface area contributed by atoms with Gasteiger partial charge in [0, 0.05) is 44.0 Å². The summed E-state index contributed by atoms with van der Waals surface area (Å²) in [5, 5.41) is 9.25. The van der Waals surface area contributed by atoms with Gasteiger partial charge in [-0.25, -0.2) is 0 Å². The van der Waals surface area contributed by atoms with Crippen LogP contribution in [0.15, 0.2) is 53.6 Å². The maximum absolute atomic E-state index is 12.4. The van der Waals surface area contributed by atoms with Crippen LogP contribution in [0.3, 0.4) is 0 Å². The number of benzene rings is 2. The first-order chi connectivity index (χ1) is 13.4. The van der Waals surface area contributed by atoms with E-state index < -0.39 is 0 Å². The van der Waals surface area contributed by atoms with Crippen LogP contribution >= 0.6 is 0 Å². The normalized spacial score (nSPS) is 13.1. The van der Waals surface area contributed by atoms with Crippen LogP contribution in [0, 0.1) is 0 Å². The lowest BCUT2D eigenvalue weighted by Crippen LogP contribution is -2.27. The zero-order valence-electron chi connectivity index (χ0n) is 16.3. The van der Waals surface area contributed by atoms with E-state index in [0.29, 0.717) is 17.0 Å². The second-order valence-electron chi connectivity index (χ2n) is 6.81. The standard InChI is InChI=1S/C21H24N4O3/c1-15-12-13-25(23-15)18-8-4-16(5-9-18)21(27)22-17-6-10-19(11-7-17)28-14-20(26)24(2)3/h4-11H,12-14H2,1-3H3,(H,22,27). The number of ether oxygens (including phenoxy) is 1. The van der Waals surface area contributed by atoms with Crippen molar-refractivity contribution in [3.63, 3.8) is 0 Å². The Morgan fingerprint density at radius 1 is 1.11 bits per heavy atom. The van der Waals surface area contributed by atoms with E-state index in [0.717, 1.165) is 24.4 Å². The molecule has 2 aromatic carbocycles. The molecule has 0 aromatic heterocycles. The number of hydrogen-bond donors (Lipinski definition) is 1. The zero-order valence-corrected chi connectivity index (χ0v) is 16.3. The SMILES string of the molecule is CC1=NN(c2ccc(C(=O)Nc3ccc(OCC(=O)N(C)C)cc3)cc2)CC1. The first-order valence-corrected chi connectivity index (χ1v) is 9.08. The van der Waals surface area contributed by atoms with Gasteiger partial charge in [-0.05, 0) is 55.5 Å². The second kappa shape index (κ2) is 8.56. The summed E-state index contributed by atoms with van der Waals surface area (Å²) < 4.78 is 5.42. The Kier molecular flexibility index (Phi) is 5.93. The van der Waals surface area contributed by atoms with Crippen LogP contribution < -0.4 is 15.1 Å². The quantitative estimate of drug-likeness (QED) is 0.836. The molecule has 0 unspecified atom stereocenters. The van der Waals surface area contributed by atoms with Crippen molar-refractivity contribution in [3.05, 3.63) is 54.1 Å². The molecule has 0 aliphatic carbocycles. The molecule has 0 saturated carbocycles. The summed E-state index contributed by atoms with van der Waals surface area (Å²) in [6.45, 7) is 2.86. The minimum Gasteiger partial charge on any atom is -0.484 e. The molecule has 28 heavy (non-hydrogen) atoms. The third-order valence-corrected chi connectivity index (χ3v) is 4.38. The molecule has 0 atom stereocenters. The molecule has 0 fully saturated rings. The number of hydrazone groups is 1. The van der Waals surface area contributed by atoms with Crippen LogP contribution in [0.1, 0.15) is 23.7 Å². The molecule has 3 rings (SSSR count). The lowest BCUT2D eigenvalue weighted by Gasteiger charge is -2.14. The highest BCUT2D eigenvalue weighted by atomic mass is 16.5. The van der Waals surface area contributed by atoms with Crippen molar-refractivity contribution in [1.29, 1.82) is 0 Å². The van der Waals surface area contributed by atoms with E-state index in [1.54, 1.807) is 50.5 Å². The Hall–Kier alpha value is -3.35. The molecule has 1 N–H and O–H groups in total. The Morgan fingerprint density at radius 3 is 2.36 bits per heavy atom. The smallest absolute Gasteiger partial charge is 0.259 e. The van der Waals surface area contributed by atoms with Crippen molar-refractivity contribution in [2.24, 2.45) is 5.10 Å². The van der Waals surface area contributed by atoms with Crippen molar-refractivity contribution in [2.75, 3.05) is 37.6 Å². The van der Waals surface area contributed by atoms with Crippen LogP contribution in [0.2, 0.25) is 0 Å². The predicted octanol–water partition coefficient (Wildman–Crippen LogP) is 2.99. The number of carbonyl (C=O) groups excluding carboxylic acids is 2. The van der Waals surface area contributed by atoms with Crippen molar-refractivity contribution in [3.8, 4) is 5.75 Å². The summed E-state index contributed by atoms with van der Waals surface area (Å²) in [7, 11) is 3.35. The Labute approximate surface area is 164 Å². The molecule has 1 aliphatic heterocycles. The van der Waals surface area contributed by atoms with Gasteiger partial charge in [-0.2, -0.15) is 5.10 Å². The molecule has 2 aromatic rings. The van der Waals surface area contributed by atoms with E-state index in [-0.39, 0.29) is 18.4 Å². The Bertz CT molecular complexity index is 874. The van der Waals surface area contributed by atoms with Gasteiger partial charge in [0.1, 0.15) is 5.75 Å². The van der Waals surface area contributed by atoms with Crippen LogP contribution in [0.5, 0.6) is 5.75 Å². The number of amides is 2. The van der Waals surface area contributed by atoms with E-state index in [1.807, 2.05) is 24.1 Å². The summed E-state index contributed by atoms with van der Waals surface area (Å²) in [4.78, 5) is 25.5. The third-order valence-electron chi connectivity index (χ3n) is 4.38. The Balaban J connectivity index is 1.56. The van der Waals surface area contributed by atoms with Gasteiger partial charge in [-0.15, -0.1) is 0 Å². The van der Waals surface area contributed by atoms with Crippen molar-refractivity contribution >= 4 is 28.9 Å². The fraction of sp³-hybridized carbons (Fsp3) is 0.286. The molecule has 0 spiro atoms. The zero-order chi connectivity index (χ0) is 20.1. The number of nitrogens with one attached hydrogen (secondary N) is 1. The number of carbonyl (C=O) groups is 2. The number of rotatable bonds is 6. The van der Waals surface area contributed by atoms with E-state index in [1.165, 1.54) is 4.90 Å². The first-order valence-electron chi connectivity index (χ1n) is 9.08. The fourth-order valence-corrected chi connectivity index (χ4v) is 2.66. The van der Waals surface area contributed by atoms with Crippen LogP contribution in [-0.2, 0) is 4.79 Å². The highest BCUT2D eigenvalue weighted by Gasteiger charge is 2.14. The first kappa shape index (κ1) is 19.4. The lowest BCUT2D eigenvalue weighted by atomic mass is 10.2. The molecule has 146 valence electrons. The van der Waals surface area contributed by atoms with Crippen molar-refractivity contribution in [2.45, 2.75) is 13.3 Å². The topological polar surface area (TPSA) is 74.2 Å². The van der Waals surface area contributed by atoms with Gasteiger partial charge >= 0.3 is 0 Å². The minimum atomic E-state index is -0.191. The van der Waals surface area contributed by atoms with Gasteiger partial charge in [-0.3, -0.25) is 14.6 Å². The highest BCUT2D eigenvalue weighted by molar-refractivity contribution is 6.04. The van der Waals surface area contributed by atoms with Gasteiger partial charge < -0.3 is 15.0 Å². The molecular formula is C21H24N4O3. The monoisotopic (exact) mass is 380 g/mol. The number of anilines is 2. The van der Waals surface area contributed by atoms with Gasteiger partial charge in [-0.1, -0.05) is 0 Å². The average molecular weight is 380 g/mol. The van der Waals surface area contributed by atoms with Gasteiger partial charge in [0.05, 0.1) is 5.69 Å². The van der Waals surface area contributed by atoms with Crippen LogP contribution in [-0.4, -0.2) is 49.7 Å². The van der Waals surface area contributed by atoms with Gasteiger partial charge in [0.2, 0.25) is 0 Å². The molecule has 0 saturated heterocycles. The summed E-state index contributed by atoms with van der Waals surface area (Å²) >= 11 is 0. The summed E-state index contributed by atoms with van der Waals surface area (Å²) in [6.07, 6.45) is 0.964. The molecule has 2 amide bonds. The Morgan fingerprint density at radius 2 is 1.79 bits per heavy atom. The minimum absolute atomic E-state index is 0.0222. The van der Waals surface area contributed by atoms with E-state index in [4.69, 9.17) is 4.74 Å². The van der Waals surface area contributed by atoms with Crippen LogP contribution in [0.4, 0.5) is 11.4 Å². The van der Waals surface area contributed by atoms with Crippen molar-refractivity contribution in [1.82, 2.24) is 4.90 Å². The molecular weight excluding hydrogens is 356 g/mol. The van der Waals surface area contributed by atoms with E-state index in [9.17, 15) is 9.59 Å². The number of nitrogens with zero attached hydrogens (tertiary/aromatic N) is 3. The molecule has 0 radical (unpaired) electrons. The lowest BCUT2D eigenvalue weighted by molar-refractivity contribution is -0.130. The summed E-state index contributed by atoms with van der Waals surface area (Å²) in [6, 6.07) is 14.3. The average Bonchev–Trinajstić information content (AvgIpc) is 3.13. The molecule has 7 nitrogen and oxygen atoms in total. The second-order valence-corrected chi connectivity index (χ2v) is 6.81. The molecule has 1 aliphatic rings. The van der Waals surface area contributed by atoms with E-state index in [2.05, 4.69) is 10.4 Å². The maximum Gasteiger partial charge on any atom is 0.259 e. The van der Waals surface area contributed by atoms with Gasteiger partial charge in [0.15, 0.2) is 6.61 Å². The fourth-order valence-electron chi connectivity index (χ4n) is 2.66. The predicted molar refractivity (Wildman–Crippen MR) is 110 cm³/mol. The third kappa shape index (κ3) is 4.88. The molecule has 1 heterocycles. The van der Waals surface area contributed by atoms with Gasteiger partial charge in [0.25, 0.3) is 11.8 Å². The summed E-state index contributed by atoms with van der Waals surface area (Å²) in [5.74, 6) is 0.263. The molecule has 7 heteroatoms. The van der Waals surface area contributed by atoms with E-state index >= 15 is 0 Å². The number of hydrogen-bond acceptors (Lipinski definition) is 5. The maximum atomic E-state index is 12.4. The van der Waals surface area contributed by atoms with Crippen molar-refractivity contribution < 1.29 is 14.3 Å².